The van der Waals surface area contributed by atoms with Crippen molar-refractivity contribution in [1.82, 2.24) is 9.97 Å². The fraction of sp³-hybridized carbons (Fsp3) is 0.714. The molecule has 0 amide bonds. The van der Waals surface area contributed by atoms with Gasteiger partial charge in [0.1, 0.15) is 0 Å². The Morgan fingerprint density at radius 3 is 2.84 bits per heavy atom. The zero-order valence-corrected chi connectivity index (χ0v) is 11.2. The molecule has 1 aliphatic carbocycles. The first-order valence-corrected chi connectivity index (χ1v) is 7.07. The molecule has 1 saturated carbocycles. The van der Waals surface area contributed by atoms with E-state index in [-0.39, 0.29) is 0 Å². The topological polar surface area (TPSA) is 49.2 Å². The highest BCUT2D eigenvalue weighted by Gasteiger charge is 2.48. The van der Waals surface area contributed by atoms with Gasteiger partial charge in [0.2, 0.25) is 5.95 Å². The Morgan fingerprint density at radius 1 is 1.42 bits per heavy atom. The van der Waals surface area contributed by atoms with Gasteiger partial charge in [0.05, 0.1) is 18.0 Å². The molecule has 1 aliphatic heterocycles. The minimum atomic E-state index is -0.544. The van der Waals surface area contributed by atoms with Gasteiger partial charge in [-0.1, -0.05) is 13.3 Å². The van der Waals surface area contributed by atoms with E-state index in [0.29, 0.717) is 17.8 Å². The van der Waals surface area contributed by atoms with Crippen LogP contribution in [0.5, 0.6) is 0 Å². The van der Waals surface area contributed by atoms with Crippen molar-refractivity contribution in [2.75, 3.05) is 18.0 Å². The summed E-state index contributed by atoms with van der Waals surface area (Å²) in [7, 11) is 0. The highest BCUT2D eigenvalue weighted by atomic mass is 19.1. The first kappa shape index (κ1) is 12.8. The van der Waals surface area contributed by atoms with Crippen LogP contribution < -0.4 is 4.90 Å². The van der Waals surface area contributed by atoms with E-state index >= 15 is 0 Å². The number of hydrogen-bond donors (Lipinski definition) is 1. The summed E-state index contributed by atoms with van der Waals surface area (Å²) < 4.78 is 12.9. The molecule has 3 atom stereocenters. The molecule has 1 aromatic rings. The molecule has 2 aliphatic rings. The quantitative estimate of drug-likeness (QED) is 0.888. The maximum absolute atomic E-state index is 12.9. The molecule has 19 heavy (non-hydrogen) atoms. The van der Waals surface area contributed by atoms with Crippen molar-refractivity contribution in [3.63, 3.8) is 0 Å². The largest absolute Gasteiger partial charge is 0.390 e. The second kappa shape index (κ2) is 4.71. The Hall–Kier alpha value is -1.23. The molecule has 1 N–H and O–H groups in total. The van der Waals surface area contributed by atoms with Crippen LogP contribution in [0, 0.1) is 17.7 Å². The SMILES string of the molecule is CC[C@@]1(O)CCC[C@@H]2CN(c3ncc(F)cn3)C[C@@H]21. The van der Waals surface area contributed by atoms with Crippen LogP contribution in [0.15, 0.2) is 12.4 Å². The van der Waals surface area contributed by atoms with Gasteiger partial charge in [-0.05, 0) is 25.2 Å². The van der Waals surface area contributed by atoms with Crippen molar-refractivity contribution >= 4 is 5.95 Å². The molecule has 0 spiro atoms. The highest BCUT2D eigenvalue weighted by molar-refractivity contribution is 5.32. The number of fused-ring (bicyclic) bond motifs is 1. The fourth-order valence-corrected chi connectivity index (χ4v) is 3.70. The van der Waals surface area contributed by atoms with Crippen LogP contribution in [0.25, 0.3) is 0 Å². The molecule has 4 nitrogen and oxygen atoms in total. The van der Waals surface area contributed by atoms with Gasteiger partial charge in [-0.2, -0.15) is 0 Å². The van der Waals surface area contributed by atoms with E-state index < -0.39 is 11.4 Å². The molecule has 2 heterocycles. The van der Waals surface area contributed by atoms with Crippen molar-refractivity contribution in [1.29, 1.82) is 0 Å². The standard InChI is InChI=1S/C14H20FN3O/c1-2-14(19)5-3-4-10-8-18(9-12(10)14)13-16-6-11(15)7-17-13/h6-7,10,12,19H,2-5,8-9H2,1H3/t10-,12+,14-/m1/s1. The number of nitrogens with zero attached hydrogens (tertiary/aromatic N) is 3. The van der Waals surface area contributed by atoms with E-state index in [1.807, 2.05) is 0 Å². The van der Waals surface area contributed by atoms with Crippen LogP contribution in [-0.4, -0.2) is 33.8 Å². The normalized spacial score (nSPS) is 34.4. The Labute approximate surface area is 112 Å². The first-order chi connectivity index (χ1) is 9.12. The molecule has 0 aromatic carbocycles. The summed E-state index contributed by atoms with van der Waals surface area (Å²) in [6.45, 7) is 3.71. The van der Waals surface area contributed by atoms with Gasteiger partial charge in [0.25, 0.3) is 0 Å². The summed E-state index contributed by atoms with van der Waals surface area (Å²) in [4.78, 5) is 10.2. The summed E-state index contributed by atoms with van der Waals surface area (Å²) in [5.74, 6) is 0.965. The smallest absolute Gasteiger partial charge is 0.225 e. The van der Waals surface area contributed by atoms with Gasteiger partial charge < -0.3 is 10.0 Å². The Bertz CT molecular complexity index is 453. The van der Waals surface area contributed by atoms with Crippen LogP contribution in [0.3, 0.4) is 0 Å². The zero-order valence-electron chi connectivity index (χ0n) is 11.2. The Morgan fingerprint density at radius 2 is 2.16 bits per heavy atom. The molecule has 2 fully saturated rings. The summed E-state index contributed by atoms with van der Waals surface area (Å²) in [6, 6.07) is 0. The minimum absolute atomic E-state index is 0.292. The van der Waals surface area contributed by atoms with Gasteiger partial charge in [0, 0.05) is 19.0 Å². The molecular weight excluding hydrogens is 245 g/mol. The van der Waals surface area contributed by atoms with Crippen molar-refractivity contribution in [2.45, 2.75) is 38.2 Å². The average molecular weight is 265 g/mol. The van der Waals surface area contributed by atoms with Crippen LogP contribution in [0.4, 0.5) is 10.3 Å². The lowest BCUT2D eigenvalue weighted by Gasteiger charge is -2.40. The van der Waals surface area contributed by atoms with E-state index in [9.17, 15) is 9.50 Å². The third-order valence-electron chi connectivity index (χ3n) is 4.82. The Balaban J connectivity index is 1.80. The number of halogens is 1. The first-order valence-electron chi connectivity index (χ1n) is 7.07. The van der Waals surface area contributed by atoms with Crippen molar-refractivity contribution < 1.29 is 9.50 Å². The van der Waals surface area contributed by atoms with Gasteiger partial charge in [-0.3, -0.25) is 0 Å². The predicted molar refractivity (Wildman–Crippen MR) is 70.3 cm³/mol. The molecule has 0 unspecified atom stereocenters. The van der Waals surface area contributed by atoms with E-state index in [4.69, 9.17) is 0 Å². The predicted octanol–water partition coefficient (Wildman–Crippen LogP) is 1.99. The molecule has 3 rings (SSSR count). The van der Waals surface area contributed by atoms with Gasteiger partial charge in [-0.15, -0.1) is 0 Å². The fourth-order valence-electron chi connectivity index (χ4n) is 3.70. The summed E-state index contributed by atoms with van der Waals surface area (Å²) in [5, 5.41) is 10.7. The lowest BCUT2D eigenvalue weighted by Crippen LogP contribution is -2.44. The van der Waals surface area contributed by atoms with Crippen LogP contribution >= 0.6 is 0 Å². The number of rotatable bonds is 2. The molecule has 104 valence electrons. The number of anilines is 1. The van der Waals surface area contributed by atoms with Crippen LogP contribution in [0.2, 0.25) is 0 Å². The molecule has 0 bridgehead atoms. The van der Waals surface area contributed by atoms with Crippen molar-refractivity contribution in [3.8, 4) is 0 Å². The second-order valence-electron chi connectivity index (χ2n) is 5.82. The summed E-state index contributed by atoms with van der Waals surface area (Å²) >= 11 is 0. The molecule has 1 aromatic heterocycles. The lowest BCUT2D eigenvalue weighted by molar-refractivity contribution is -0.0597. The molecular formula is C14H20FN3O. The third kappa shape index (κ3) is 2.20. The highest BCUT2D eigenvalue weighted by Crippen LogP contribution is 2.44. The van der Waals surface area contributed by atoms with Gasteiger partial charge >= 0.3 is 0 Å². The monoisotopic (exact) mass is 265 g/mol. The summed E-state index contributed by atoms with van der Waals surface area (Å²) in [5.41, 5.74) is -0.544. The maximum atomic E-state index is 12.9. The van der Waals surface area contributed by atoms with E-state index in [1.165, 1.54) is 12.4 Å². The second-order valence-corrected chi connectivity index (χ2v) is 5.82. The molecule has 0 radical (unpaired) electrons. The van der Waals surface area contributed by atoms with Gasteiger partial charge in [0.15, 0.2) is 5.82 Å². The van der Waals surface area contributed by atoms with Crippen molar-refractivity contribution in [3.05, 3.63) is 18.2 Å². The average Bonchev–Trinajstić information content (AvgIpc) is 2.85. The van der Waals surface area contributed by atoms with Crippen molar-refractivity contribution in [2.24, 2.45) is 11.8 Å². The van der Waals surface area contributed by atoms with E-state index in [1.54, 1.807) is 0 Å². The zero-order chi connectivity index (χ0) is 13.5. The maximum Gasteiger partial charge on any atom is 0.225 e. The number of aliphatic hydroxyl groups is 1. The van der Waals surface area contributed by atoms with Gasteiger partial charge in [-0.25, -0.2) is 14.4 Å². The van der Waals surface area contributed by atoms with E-state index in [2.05, 4.69) is 21.8 Å². The van der Waals surface area contributed by atoms with Crippen LogP contribution in [0.1, 0.15) is 32.6 Å². The third-order valence-corrected chi connectivity index (χ3v) is 4.82. The lowest BCUT2D eigenvalue weighted by atomic mass is 9.69. The van der Waals surface area contributed by atoms with Crippen LogP contribution in [-0.2, 0) is 0 Å². The molecule has 1 saturated heterocycles. The number of aromatic nitrogens is 2. The minimum Gasteiger partial charge on any atom is -0.390 e. The summed E-state index contributed by atoms with van der Waals surface area (Å²) in [6.07, 6.45) is 6.34. The Kier molecular flexibility index (Phi) is 3.17. The number of hydrogen-bond acceptors (Lipinski definition) is 4. The molecule has 5 heteroatoms. The van der Waals surface area contributed by atoms with E-state index in [0.717, 1.165) is 38.8 Å².